The van der Waals surface area contributed by atoms with E-state index in [1.165, 1.54) is 0 Å². The SMILES string of the molecule is CC(F)(C(=O)OF)C(=O)OF.[LiH]. The molecule has 0 aliphatic rings. The van der Waals surface area contributed by atoms with Gasteiger partial charge in [0.05, 0.1) is 0 Å². The molecule has 0 atom stereocenters. The van der Waals surface area contributed by atoms with Crippen molar-refractivity contribution in [2.75, 3.05) is 0 Å². The van der Waals surface area contributed by atoms with Crippen LogP contribution in [0, 0.1) is 0 Å². The van der Waals surface area contributed by atoms with Gasteiger partial charge in [-0.3, -0.25) is 9.88 Å². The predicted octanol–water partition coefficient (Wildman–Crippen LogP) is -0.0785. The van der Waals surface area contributed by atoms with Gasteiger partial charge >= 0.3 is 36.5 Å². The van der Waals surface area contributed by atoms with Gasteiger partial charge in [0.2, 0.25) is 0 Å². The van der Waals surface area contributed by atoms with Crippen LogP contribution in [0.3, 0.4) is 0 Å². The van der Waals surface area contributed by atoms with Crippen molar-refractivity contribution in [2.24, 2.45) is 0 Å². The van der Waals surface area contributed by atoms with Crippen molar-refractivity contribution >= 4 is 30.8 Å². The number of hydrogen-bond donors (Lipinski definition) is 0. The Bertz CT molecular complexity index is 165. The predicted molar refractivity (Wildman–Crippen MR) is 31.1 cm³/mol. The van der Waals surface area contributed by atoms with Crippen LogP contribution in [0.5, 0.6) is 0 Å². The topological polar surface area (TPSA) is 52.6 Å². The van der Waals surface area contributed by atoms with Gasteiger partial charge in [-0.15, -0.1) is 0 Å². The summed E-state index contributed by atoms with van der Waals surface area (Å²) in [5, 5.41) is 0. The molecule has 0 unspecified atom stereocenters. The van der Waals surface area contributed by atoms with E-state index in [0.717, 1.165) is 0 Å². The molecule has 66 valence electrons. The van der Waals surface area contributed by atoms with E-state index in [2.05, 4.69) is 9.88 Å². The van der Waals surface area contributed by atoms with Crippen LogP contribution >= 0.6 is 0 Å². The van der Waals surface area contributed by atoms with Crippen LogP contribution in [0.4, 0.5) is 13.4 Å². The van der Waals surface area contributed by atoms with E-state index < -0.39 is 17.6 Å². The first-order valence-corrected chi connectivity index (χ1v) is 2.31. The molecule has 12 heavy (non-hydrogen) atoms. The van der Waals surface area contributed by atoms with Crippen molar-refractivity contribution in [3.8, 4) is 0 Å². The van der Waals surface area contributed by atoms with Crippen LogP contribution in [0.15, 0.2) is 0 Å². The van der Waals surface area contributed by atoms with E-state index in [9.17, 15) is 23.0 Å². The molecular weight excluding hydrogens is 176 g/mol. The van der Waals surface area contributed by atoms with E-state index in [4.69, 9.17) is 0 Å². The number of halogens is 3. The Morgan fingerprint density at radius 1 is 1.17 bits per heavy atom. The average Bonchev–Trinajstić information content (AvgIpc) is 2.01. The van der Waals surface area contributed by atoms with E-state index in [1.54, 1.807) is 0 Å². The van der Waals surface area contributed by atoms with Gasteiger partial charge in [-0.05, 0) is 6.92 Å². The Balaban J connectivity index is 0. The molecule has 4 nitrogen and oxygen atoms in total. The fourth-order valence-electron chi connectivity index (χ4n) is 0.228. The molecule has 0 aromatic heterocycles. The van der Waals surface area contributed by atoms with Crippen molar-refractivity contribution in [3.63, 3.8) is 0 Å². The third kappa shape index (κ3) is 2.75. The monoisotopic (exact) mass is 180 g/mol. The molecule has 0 aliphatic heterocycles. The van der Waals surface area contributed by atoms with Crippen LogP contribution in [-0.4, -0.2) is 36.5 Å². The quantitative estimate of drug-likeness (QED) is 0.440. The zero-order valence-corrected chi connectivity index (χ0v) is 5.27. The molecule has 0 saturated heterocycles. The van der Waals surface area contributed by atoms with Crippen molar-refractivity contribution in [1.82, 2.24) is 0 Å². The van der Waals surface area contributed by atoms with E-state index in [-0.39, 0.29) is 18.9 Å². The second-order valence-corrected chi connectivity index (χ2v) is 1.73. The zero-order valence-electron chi connectivity index (χ0n) is 5.27. The molecule has 0 heterocycles. The molecule has 0 rings (SSSR count). The van der Waals surface area contributed by atoms with E-state index in [1.807, 2.05) is 0 Å². The van der Waals surface area contributed by atoms with Gasteiger partial charge in [-0.25, -0.2) is 14.0 Å². The zero-order chi connectivity index (χ0) is 9.07. The molecule has 0 amide bonds. The normalized spacial score (nSPS) is 9.67. The first kappa shape index (κ1) is 13.9. The third-order valence-electron chi connectivity index (χ3n) is 0.907. The van der Waals surface area contributed by atoms with Crippen molar-refractivity contribution in [1.29, 1.82) is 0 Å². The van der Waals surface area contributed by atoms with Crippen LogP contribution in [0.2, 0.25) is 0 Å². The van der Waals surface area contributed by atoms with E-state index >= 15 is 0 Å². The van der Waals surface area contributed by atoms with Gasteiger partial charge in [0.25, 0.3) is 0 Å². The molecule has 0 aliphatic carbocycles. The molecule has 0 N–H and O–H groups in total. The summed E-state index contributed by atoms with van der Waals surface area (Å²) in [6.45, 7) is 0.302. The van der Waals surface area contributed by atoms with Crippen LogP contribution in [0.25, 0.3) is 0 Å². The maximum atomic E-state index is 12.4. The summed E-state index contributed by atoms with van der Waals surface area (Å²) >= 11 is 0. The van der Waals surface area contributed by atoms with Crippen LogP contribution in [-0.2, 0) is 19.5 Å². The number of hydrogen-bond acceptors (Lipinski definition) is 4. The summed E-state index contributed by atoms with van der Waals surface area (Å²) in [7, 11) is 0. The third-order valence-corrected chi connectivity index (χ3v) is 0.907. The molecule has 0 aromatic carbocycles. The van der Waals surface area contributed by atoms with Crippen LogP contribution in [0.1, 0.15) is 6.92 Å². The Kier molecular flexibility index (Phi) is 5.85. The fraction of sp³-hybridized carbons (Fsp3) is 0.500. The standard InChI is InChI=1S/C4H3F3O4.Li.H/c1-4(5,2(8)10-6)3(9)11-7;;/h1H3;;. The minimum absolute atomic E-state index is 0. The Morgan fingerprint density at radius 2 is 1.42 bits per heavy atom. The molecule has 0 fully saturated rings. The number of carbonyl (C=O) groups excluding carboxylic acids is 2. The second kappa shape index (κ2) is 5.06. The molecular formula is C4H4F3LiO4. The number of rotatable bonds is 2. The summed E-state index contributed by atoms with van der Waals surface area (Å²) < 4.78 is 34.4. The molecule has 0 spiro atoms. The number of carbonyl (C=O) groups is 2. The van der Waals surface area contributed by atoms with Crippen molar-refractivity contribution in [2.45, 2.75) is 12.6 Å². The average molecular weight is 180 g/mol. The maximum absolute atomic E-state index is 12.4. The fourth-order valence-corrected chi connectivity index (χ4v) is 0.228. The summed E-state index contributed by atoms with van der Waals surface area (Å²) in [5.41, 5.74) is -3.45. The number of alkyl halides is 1. The molecule has 0 radical (unpaired) electrons. The summed E-state index contributed by atoms with van der Waals surface area (Å²) in [6.07, 6.45) is 0. The molecule has 0 saturated carbocycles. The van der Waals surface area contributed by atoms with Gasteiger partial charge in [0, 0.05) is 9.05 Å². The van der Waals surface area contributed by atoms with Crippen LogP contribution < -0.4 is 0 Å². The first-order valence-electron chi connectivity index (χ1n) is 2.31. The summed E-state index contributed by atoms with van der Waals surface area (Å²) in [4.78, 5) is 24.7. The van der Waals surface area contributed by atoms with Gasteiger partial charge < -0.3 is 0 Å². The first-order chi connectivity index (χ1) is 4.96. The van der Waals surface area contributed by atoms with E-state index in [0.29, 0.717) is 6.92 Å². The molecule has 8 heteroatoms. The molecule has 0 aromatic rings. The Hall–Kier alpha value is -0.673. The van der Waals surface area contributed by atoms with Gasteiger partial charge in [-0.2, -0.15) is 0 Å². The summed E-state index contributed by atoms with van der Waals surface area (Å²) in [6, 6.07) is 0. The second-order valence-electron chi connectivity index (χ2n) is 1.73. The van der Waals surface area contributed by atoms with Gasteiger partial charge in [0.1, 0.15) is 0 Å². The minimum atomic E-state index is -3.45. The van der Waals surface area contributed by atoms with Crippen molar-refractivity contribution in [3.05, 3.63) is 0 Å². The molecule has 0 bridgehead atoms. The summed E-state index contributed by atoms with van der Waals surface area (Å²) in [5.74, 6) is -4.33. The van der Waals surface area contributed by atoms with Crippen molar-refractivity contribution < 1.29 is 32.9 Å². The Labute approximate surface area is 77.0 Å². The van der Waals surface area contributed by atoms with Gasteiger partial charge in [0.15, 0.2) is 0 Å². The van der Waals surface area contributed by atoms with Gasteiger partial charge in [-0.1, -0.05) is 0 Å². The Morgan fingerprint density at radius 3 is 1.58 bits per heavy atom.